The van der Waals surface area contributed by atoms with Crippen LogP contribution in [0, 0.1) is 10.1 Å². The van der Waals surface area contributed by atoms with Gasteiger partial charge >= 0.3 is 5.97 Å². The number of nitro groups is 1. The number of hydrogen-bond donors (Lipinski definition) is 3. The van der Waals surface area contributed by atoms with Gasteiger partial charge in [0.15, 0.2) is 0 Å². The predicted octanol–water partition coefficient (Wildman–Crippen LogP) is 3.35. The van der Waals surface area contributed by atoms with Crippen molar-refractivity contribution < 1.29 is 28.0 Å². The van der Waals surface area contributed by atoms with Gasteiger partial charge < -0.3 is 10.4 Å². The minimum atomic E-state index is -4.20. The zero-order valence-electron chi connectivity index (χ0n) is 15.7. The highest BCUT2D eigenvalue weighted by molar-refractivity contribution is 7.92. The van der Waals surface area contributed by atoms with Crippen molar-refractivity contribution in [2.75, 3.05) is 10.0 Å². The van der Waals surface area contributed by atoms with Crippen molar-refractivity contribution in [3.63, 3.8) is 0 Å². The molecule has 11 heteroatoms. The third-order valence-electron chi connectivity index (χ3n) is 4.12. The molecule has 0 aliphatic heterocycles. The summed E-state index contributed by atoms with van der Waals surface area (Å²) in [6.07, 6.45) is 0. The van der Waals surface area contributed by atoms with Gasteiger partial charge in [0, 0.05) is 23.4 Å². The largest absolute Gasteiger partial charge is 0.478 e. The molecule has 0 radical (unpaired) electrons. The van der Waals surface area contributed by atoms with Crippen LogP contribution in [0.25, 0.3) is 0 Å². The molecule has 0 bridgehead atoms. The summed E-state index contributed by atoms with van der Waals surface area (Å²) in [7, 11) is -4.20. The number of carbonyl (C=O) groups is 2. The number of carboxylic acids is 1. The molecule has 3 aromatic carbocycles. The van der Waals surface area contributed by atoms with Gasteiger partial charge in [-0.15, -0.1) is 0 Å². The standard InChI is InChI=1S/C20H15N3O7S/c24-19(21-14-6-4-7-15(12-14)23(27)28)13-5-3-8-16(11-13)31(29,30)22-18-10-2-1-9-17(18)20(25)26/h1-12,22H,(H,21,24)(H,25,26). The van der Waals surface area contributed by atoms with Gasteiger partial charge in [-0.1, -0.05) is 24.3 Å². The monoisotopic (exact) mass is 441 g/mol. The Kier molecular flexibility index (Phi) is 5.97. The summed E-state index contributed by atoms with van der Waals surface area (Å²) in [6, 6.07) is 15.9. The Balaban J connectivity index is 1.85. The van der Waals surface area contributed by atoms with E-state index in [1.807, 2.05) is 0 Å². The van der Waals surface area contributed by atoms with Gasteiger partial charge in [0.05, 0.1) is 21.1 Å². The van der Waals surface area contributed by atoms with Crippen LogP contribution in [0.1, 0.15) is 20.7 Å². The Hall–Kier alpha value is -4.25. The number of nitrogens with one attached hydrogen (secondary N) is 2. The maximum Gasteiger partial charge on any atom is 0.337 e. The van der Waals surface area contributed by atoms with E-state index in [1.165, 1.54) is 66.7 Å². The lowest BCUT2D eigenvalue weighted by Gasteiger charge is -2.11. The molecule has 3 aromatic rings. The van der Waals surface area contributed by atoms with E-state index in [0.717, 1.165) is 6.07 Å². The number of rotatable bonds is 7. The van der Waals surface area contributed by atoms with E-state index in [-0.39, 0.29) is 33.1 Å². The molecule has 3 N–H and O–H groups in total. The molecule has 0 saturated heterocycles. The Morgan fingerprint density at radius 2 is 1.65 bits per heavy atom. The Bertz CT molecular complexity index is 1290. The van der Waals surface area contributed by atoms with Crippen LogP contribution in [0.15, 0.2) is 77.7 Å². The number of benzene rings is 3. The van der Waals surface area contributed by atoms with Crippen molar-refractivity contribution in [1.29, 1.82) is 0 Å². The maximum atomic E-state index is 12.7. The number of carbonyl (C=O) groups excluding carboxylic acids is 1. The summed E-state index contributed by atoms with van der Waals surface area (Å²) in [6.45, 7) is 0. The van der Waals surface area contributed by atoms with Crippen LogP contribution >= 0.6 is 0 Å². The topological polar surface area (TPSA) is 156 Å². The summed E-state index contributed by atoms with van der Waals surface area (Å²) in [4.78, 5) is 33.8. The molecular formula is C20H15N3O7S. The first-order valence-corrected chi connectivity index (χ1v) is 10.2. The second-order valence-electron chi connectivity index (χ2n) is 6.25. The van der Waals surface area contributed by atoms with Crippen LogP contribution in [0.3, 0.4) is 0 Å². The molecule has 3 rings (SSSR count). The van der Waals surface area contributed by atoms with Gasteiger partial charge in [-0.2, -0.15) is 0 Å². The molecule has 0 aromatic heterocycles. The van der Waals surface area contributed by atoms with Gasteiger partial charge in [-0.05, 0) is 36.4 Å². The van der Waals surface area contributed by atoms with Gasteiger partial charge in [0.25, 0.3) is 21.6 Å². The Morgan fingerprint density at radius 1 is 0.935 bits per heavy atom. The second-order valence-corrected chi connectivity index (χ2v) is 7.93. The molecule has 0 unspecified atom stereocenters. The molecular weight excluding hydrogens is 426 g/mol. The number of carboxylic acid groups (broad SMARTS) is 1. The van der Waals surface area contributed by atoms with E-state index >= 15 is 0 Å². The molecule has 0 saturated carbocycles. The molecule has 0 aliphatic carbocycles. The van der Waals surface area contributed by atoms with E-state index < -0.39 is 26.8 Å². The van der Waals surface area contributed by atoms with E-state index in [1.54, 1.807) is 0 Å². The summed E-state index contributed by atoms with van der Waals surface area (Å²) in [5.74, 6) is -1.98. The van der Waals surface area contributed by atoms with Gasteiger partial charge in [0.2, 0.25) is 0 Å². The predicted molar refractivity (Wildman–Crippen MR) is 112 cm³/mol. The van der Waals surface area contributed by atoms with Crippen molar-refractivity contribution in [3.8, 4) is 0 Å². The molecule has 1 amide bonds. The van der Waals surface area contributed by atoms with Crippen LogP contribution in [0.2, 0.25) is 0 Å². The lowest BCUT2D eigenvalue weighted by Crippen LogP contribution is -2.17. The fraction of sp³-hybridized carbons (Fsp3) is 0. The number of hydrogen-bond acceptors (Lipinski definition) is 6. The van der Waals surface area contributed by atoms with E-state index in [9.17, 15) is 33.2 Å². The van der Waals surface area contributed by atoms with Crippen molar-refractivity contribution in [3.05, 3.63) is 94.0 Å². The number of aromatic carboxylic acids is 1. The summed E-state index contributed by atoms with van der Waals surface area (Å²) < 4.78 is 27.6. The summed E-state index contributed by atoms with van der Waals surface area (Å²) >= 11 is 0. The molecule has 0 fully saturated rings. The number of amides is 1. The van der Waals surface area contributed by atoms with Crippen LogP contribution in [0.5, 0.6) is 0 Å². The first-order chi connectivity index (χ1) is 14.7. The molecule has 158 valence electrons. The zero-order valence-corrected chi connectivity index (χ0v) is 16.5. The highest BCUT2D eigenvalue weighted by atomic mass is 32.2. The molecule has 0 spiro atoms. The van der Waals surface area contributed by atoms with Gasteiger partial charge in [0.1, 0.15) is 0 Å². The van der Waals surface area contributed by atoms with E-state index in [0.29, 0.717) is 0 Å². The van der Waals surface area contributed by atoms with Gasteiger partial charge in [-0.3, -0.25) is 19.6 Å². The van der Waals surface area contributed by atoms with Crippen LogP contribution in [0.4, 0.5) is 17.1 Å². The van der Waals surface area contributed by atoms with Crippen LogP contribution < -0.4 is 10.0 Å². The number of para-hydroxylation sites is 1. The van der Waals surface area contributed by atoms with Crippen molar-refractivity contribution in [2.24, 2.45) is 0 Å². The summed E-state index contributed by atoms with van der Waals surface area (Å²) in [5.41, 5.74) is -0.413. The lowest BCUT2D eigenvalue weighted by molar-refractivity contribution is -0.384. The van der Waals surface area contributed by atoms with E-state index in [4.69, 9.17) is 0 Å². The molecule has 0 atom stereocenters. The smallest absolute Gasteiger partial charge is 0.337 e. The minimum Gasteiger partial charge on any atom is -0.478 e. The van der Waals surface area contributed by atoms with Crippen LogP contribution in [-0.2, 0) is 10.0 Å². The first-order valence-electron chi connectivity index (χ1n) is 8.68. The fourth-order valence-corrected chi connectivity index (χ4v) is 3.79. The Labute approximate surface area is 176 Å². The molecule has 0 aliphatic rings. The number of nitro benzene ring substituents is 1. The SMILES string of the molecule is O=C(Nc1cccc([N+](=O)[O-])c1)c1cccc(S(=O)(=O)Nc2ccccc2C(=O)O)c1. The molecule has 10 nitrogen and oxygen atoms in total. The lowest BCUT2D eigenvalue weighted by atomic mass is 10.2. The normalized spacial score (nSPS) is 10.8. The molecule has 0 heterocycles. The second kappa shape index (κ2) is 8.63. The number of nitrogens with zero attached hydrogens (tertiary/aromatic N) is 1. The minimum absolute atomic E-state index is 0.0131. The quantitative estimate of drug-likeness (QED) is 0.375. The fourth-order valence-electron chi connectivity index (χ4n) is 2.67. The maximum absolute atomic E-state index is 12.7. The van der Waals surface area contributed by atoms with Crippen molar-refractivity contribution in [1.82, 2.24) is 0 Å². The average molecular weight is 441 g/mol. The third-order valence-corrected chi connectivity index (χ3v) is 5.49. The van der Waals surface area contributed by atoms with Crippen LogP contribution in [-0.4, -0.2) is 30.3 Å². The average Bonchev–Trinajstić information content (AvgIpc) is 2.74. The van der Waals surface area contributed by atoms with Crippen molar-refractivity contribution in [2.45, 2.75) is 4.90 Å². The highest BCUT2D eigenvalue weighted by Crippen LogP contribution is 2.22. The number of anilines is 2. The number of sulfonamides is 1. The van der Waals surface area contributed by atoms with Crippen molar-refractivity contribution >= 4 is 39.0 Å². The van der Waals surface area contributed by atoms with E-state index in [2.05, 4.69) is 10.0 Å². The zero-order chi connectivity index (χ0) is 22.6. The Morgan fingerprint density at radius 3 is 2.35 bits per heavy atom. The first kappa shape index (κ1) is 21.5. The van der Waals surface area contributed by atoms with Gasteiger partial charge in [-0.25, -0.2) is 13.2 Å². The molecule has 31 heavy (non-hydrogen) atoms. The third kappa shape index (κ3) is 5.03. The summed E-state index contributed by atoms with van der Waals surface area (Å²) in [5, 5.41) is 22.5. The number of non-ortho nitro benzene ring substituents is 1. The highest BCUT2D eigenvalue weighted by Gasteiger charge is 2.20.